The van der Waals surface area contributed by atoms with Gasteiger partial charge >= 0.3 is 0 Å². The van der Waals surface area contributed by atoms with E-state index in [1.807, 2.05) is 45.0 Å². The first-order chi connectivity index (χ1) is 13.2. The predicted molar refractivity (Wildman–Crippen MR) is 109 cm³/mol. The molecule has 2 N–H and O–H groups in total. The SMILES string of the molecule is CN=C(NCCc1cccc(C(=O)N(C)C)c1)NCc1noc(C(C)(C)C)n1. The maximum atomic E-state index is 12.1. The van der Waals surface area contributed by atoms with Crippen molar-refractivity contribution in [3.8, 4) is 0 Å². The molecule has 0 aliphatic carbocycles. The van der Waals surface area contributed by atoms with Crippen molar-refractivity contribution in [2.75, 3.05) is 27.7 Å². The number of aromatic nitrogens is 2. The van der Waals surface area contributed by atoms with Crippen LogP contribution >= 0.6 is 0 Å². The van der Waals surface area contributed by atoms with Gasteiger partial charge in [-0.3, -0.25) is 9.79 Å². The van der Waals surface area contributed by atoms with Gasteiger partial charge in [0.2, 0.25) is 5.89 Å². The van der Waals surface area contributed by atoms with Gasteiger partial charge in [0, 0.05) is 38.7 Å². The highest BCUT2D eigenvalue weighted by molar-refractivity contribution is 5.94. The van der Waals surface area contributed by atoms with Crippen molar-refractivity contribution < 1.29 is 9.32 Å². The highest BCUT2D eigenvalue weighted by Crippen LogP contribution is 2.19. The van der Waals surface area contributed by atoms with Crippen LogP contribution < -0.4 is 10.6 Å². The van der Waals surface area contributed by atoms with E-state index in [9.17, 15) is 4.79 Å². The summed E-state index contributed by atoms with van der Waals surface area (Å²) >= 11 is 0. The number of nitrogens with zero attached hydrogens (tertiary/aromatic N) is 4. The van der Waals surface area contributed by atoms with E-state index in [1.54, 1.807) is 26.0 Å². The first-order valence-corrected chi connectivity index (χ1v) is 9.29. The highest BCUT2D eigenvalue weighted by Gasteiger charge is 2.21. The number of amides is 1. The van der Waals surface area contributed by atoms with Crippen LogP contribution in [0.15, 0.2) is 33.8 Å². The van der Waals surface area contributed by atoms with Gasteiger partial charge in [-0.25, -0.2) is 0 Å². The van der Waals surface area contributed by atoms with Crippen LogP contribution in [-0.4, -0.2) is 54.6 Å². The van der Waals surface area contributed by atoms with Crippen molar-refractivity contribution in [3.05, 3.63) is 47.1 Å². The fourth-order valence-corrected chi connectivity index (χ4v) is 2.46. The van der Waals surface area contributed by atoms with Gasteiger partial charge in [0.05, 0.1) is 6.54 Å². The first-order valence-electron chi connectivity index (χ1n) is 9.29. The fourth-order valence-electron chi connectivity index (χ4n) is 2.46. The number of carbonyl (C=O) groups is 1. The lowest BCUT2D eigenvalue weighted by Gasteiger charge is -2.12. The molecule has 8 nitrogen and oxygen atoms in total. The molecule has 152 valence electrons. The van der Waals surface area contributed by atoms with E-state index in [2.05, 4.69) is 25.8 Å². The van der Waals surface area contributed by atoms with Crippen molar-refractivity contribution in [2.24, 2.45) is 4.99 Å². The number of benzene rings is 1. The van der Waals surface area contributed by atoms with Gasteiger partial charge in [0.25, 0.3) is 5.91 Å². The molecule has 2 rings (SSSR count). The number of aliphatic imine (C=N–C) groups is 1. The molecule has 0 spiro atoms. The van der Waals surface area contributed by atoms with Gasteiger partial charge in [-0.15, -0.1) is 0 Å². The standard InChI is InChI=1S/C20H30N6O2/c1-20(2,3)18-24-16(25-28-18)13-23-19(21-4)22-11-10-14-8-7-9-15(12-14)17(27)26(5)6/h7-9,12H,10-11,13H2,1-6H3,(H2,21,22,23). The normalized spacial score (nSPS) is 12.0. The van der Waals surface area contributed by atoms with Gasteiger partial charge in [-0.2, -0.15) is 4.98 Å². The van der Waals surface area contributed by atoms with Crippen LogP contribution in [0, 0.1) is 0 Å². The lowest BCUT2D eigenvalue weighted by Crippen LogP contribution is -2.38. The minimum absolute atomic E-state index is 0.00187. The molecule has 0 saturated carbocycles. The molecule has 1 aromatic carbocycles. The number of carbonyl (C=O) groups excluding carboxylic acids is 1. The zero-order valence-electron chi connectivity index (χ0n) is 17.5. The van der Waals surface area contributed by atoms with Gasteiger partial charge in [0.1, 0.15) is 0 Å². The zero-order valence-corrected chi connectivity index (χ0v) is 17.5. The van der Waals surface area contributed by atoms with Crippen LogP contribution in [0.3, 0.4) is 0 Å². The van der Waals surface area contributed by atoms with Crippen LogP contribution in [-0.2, 0) is 18.4 Å². The lowest BCUT2D eigenvalue weighted by atomic mass is 9.97. The first kappa shape index (κ1) is 21.4. The molecule has 0 radical (unpaired) electrons. The molecule has 0 fully saturated rings. The Morgan fingerprint density at radius 1 is 1.25 bits per heavy atom. The number of nitrogens with one attached hydrogen (secondary N) is 2. The summed E-state index contributed by atoms with van der Waals surface area (Å²) in [6, 6.07) is 7.67. The van der Waals surface area contributed by atoms with Gasteiger partial charge in [-0.1, -0.05) is 38.1 Å². The number of guanidine groups is 1. The van der Waals surface area contributed by atoms with E-state index < -0.39 is 0 Å². The summed E-state index contributed by atoms with van der Waals surface area (Å²) in [4.78, 5) is 22.2. The number of hydrogen-bond donors (Lipinski definition) is 2. The predicted octanol–water partition coefficient (Wildman–Crippen LogP) is 1.98. The average Bonchev–Trinajstić information content (AvgIpc) is 3.13. The Morgan fingerprint density at radius 3 is 2.61 bits per heavy atom. The molecule has 1 amide bonds. The molecule has 0 saturated heterocycles. The zero-order chi connectivity index (χ0) is 20.7. The quantitative estimate of drug-likeness (QED) is 0.582. The van der Waals surface area contributed by atoms with Crippen molar-refractivity contribution in [3.63, 3.8) is 0 Å². The Labute approximate surface area is 166 Å². The third kappa shape index (κ3) is 6.07. The van der Waals surface area contributed by atoms with E-state index >= 15 is 0 Å². The van der Waals surface area contributed by atoms with Crippen molar-refractivity contribution in [1.29, 1.82) is 0 Å². The van der Waals surface area contributed by atoms with Crippen LogP contribution in [0.25, 0.3) is 0 Å². The smallest absolute Gasteiger partial charge is 0.253 e. The summed E-state index contributed by atoms with van der Waals surface area (Å²) in [5, 5.41) is 10.4. The molecule has 0 atom stereocenters. The topological polar surface area (TPSA) is 95.7 Å². The Balaban J connectivity index is 1.84. The summed E-state index contributed by atoms with van der Waals surface area (Å²) in [5.41, 5.74) is 1.61. The van der Waals surface area contributed by atoms with E-state index in [-0.39, 0.29) is 11.3 Å². The molecule has 0 aliphatic rings. The summed E-state index contributed by atoms with van der Waals surface area (Å²) < 4.78 is 5.29. The summed E-state index contributed by atoms with van der Waals surface area (Å²) in [6.45, 7) is 7.18. The van der Waals surface area contributed by atoms with Crippen LogP contribution in [0.2, 0.25) is 0 Å². The summed E-state index contributed by atoms with van der Waals surface area (Å²) in [6.07, 6.45) is 0.769. The Kier molecular flexibility index (Phi) is 7.14. The largest absolute Gasteiger partial charge is 0.356 e. The average molecular weight is 387 g/mol. The number of hydrogen-bond acceptors (Lipinski definition) is 5. The fraction of sp³-hybridized carbons (Fsp3) is 0.500. The molecule has 0 bridgehead atoms. The Hall–Kier alpha value is -2.90. The number of rotatable bonds is 6. The minimum Gasteiger partial charge on any atom is -0.356 e. The van der Waals surface area contributed by atoms with Crippen molar-refractivity contribution in [1.82, 2.24) is 25.7 Å². The lowest BCUT2D eigenvalue weighted by molar-refractivity contribution is 0.0827. The second-order valence-electron chi connectivity index (χ2n) is 7.77. The van der Waals surface area contributed by atoms with E-state index in [0.29, 0.717) is 36.3 Å². The Bertz CT molecular complexity index is 820. The molecule has 2 aromatic rings. The summed E-state index contributed by atoms with van der Waals surface area (Å²) in [7, 11) is 5.21. The molecule has 1 aromatic heterocycles. The van der Waals surface area contributed by atoms with Gasteiger partial charge < -0.3 is 20.1 Å². The van der Waals surface area contributed by atoms with Crippen LogP contribution in [0.4, 0.5) is 0 Å². The van der Waals surface area contributed by atoms with Crippen molar-refractivity contribution in [2.45, 2.75) is 39.2 Å². The third-order valence-corrected chi connectivity index (χ3v) is 4.03. The second-order valence-corrected chi connectivity index (χ2v) is 7.77. The summed E-state index contributed by atoms with van der Waals surface area (Å²) in [5.74, 6) is 1.85. The molecule has 0 aliphatic heterocycles. The van der Waals surface area contributed by atoms with E-state index in [1.165, 1.54) is 0 Å². The molecular weight excluding hydrogens is 356 g/mol. The molecule has 28 heavy (non-hydrogen) atoms. The molecule has 1 heterocycles. The van der Waals surface area contributed by atoms with Gasteiger partial charge in [0.15, 0.2) is 11.8 Å². The Morgan fingerprint density at radius 2 is 2.00 bits per heavy atom. The monoisotopic (exact) mass is 386 g/mol. The second kappa shape index (κ2) is 9.34. The van der Waals surface area contributed by atoms with Crippen LogP contribution in [0.1, 0.15) is 48.4 Å². The van der Waals surface area contributed by atoms with E-state index in [4.69, 9.17) is 4.52 Å². The maximum absolute atomic E-state index is 12.1. The van der Waals surface area contributed by atoms with Gasteiger partial charge in [-0.05, 0) is 24.1 Å². The van der Waals surface area contributed by atoms with E-state index in [0.717, 1.165) is 12.0 Å². The molecular formula is C20H30N6O2. The molecule has 8 heteroatoms. The maximum Gasteiger partial charge on any atom is 0.253 e. The molecule has 0 unspecified atom stereocenters. The highest BCUT2D eigenvalue weighted by atomic mass is 16.5. The van der Waals surface area contributed by atoms with Crippen molar-refractivity contribution >= 4 is 11.9 Å². The minimum atomic E-state index is -0.173. The van der Waals surface area contributed by atoms with Crippen LogP contribution in [0.5, 0.6) is 0 Å². The third-order valence-electron chi connectivity index (χ3n) is 4.03.